The zero-order valence-corrected chi connectivity index (χ0v) is 12.4. The van der Waals surface area contributed by atoms with E-state index in [-0.39, 0.29) is 23.9 Å². The van der Waals surface area contributed by atoms with E-state index in [2.05, 4.69) is 10.2 Å². The number of benzene rings is 1. The molecule has 1 unspecified atom stereocenters. The highest BCUT2D eigenvalue weighted by atomic mass is 16.6. The highest BCUT2D eigenvalue weighted by Crippen LogP contribution is 2.26. The minimum atomic E-state index is -0.515. The van der Waals surface area contributed by atoms with E-state index in [1.54, 1.807) is 0 Å². The van der Waals surface area contributed by atoms with Gasteiger partial charge < -0.3 is 15.3 Å². The molecular weight excluding hydrogens is 284 g/mol. The van der Waals surface area contributed by atoms with E-state index >= 15 is 0 Å². The zero-order valence-electron chi connectivity index (χ0n) is 12.4. The van der Waals surface area contributed by atoms with Gasteiger partial charge in [0.05, 0.1) is 29.2 Å². The smallest absolute Gasteiger partial charge is 0.293 e. The van der Waals surface area contributed by atoms with E-state index in [0.29, 0.717) is 12.2 Å². The summed E-state index contributed by atoms with van der Waals surface area (Å²) < 4.78 is 0. The fourth-order valence-electron chi connectivity index (χ4n) is 2.70. The van der Waals surface area contributed by atoms with Crippen molar-refractivity contribution in [2.45, 2.75) is 25.3 Å². The first-order valence-corrected chi connectivity index (χ1v) is 7.42. The van der Waals surface area contributed by atoms with Crippen molar-refractivity contribution in [3.63, 3.8) is 0 Å². The lowest BCUT2D eigenvalue weighted by atomic mass is 10.1. The van der Waals surface area contributed by atoms with Crippen LogP contribution in [0.3, 0.4) is 0 Å². The summed E-state index contributed by atoms with van der Waals surface area (Å²) in [6.07, 6.45) is 3.53. The standard InChI is InChI=1S/C15H20N4O3/c16-9-12-4-5-14(15(8-12)19(21)22)17-13(11-20)10-18-6-2-1-3-7-18/h4-5,8,13,17,20H,1-3,6-7,10-11H2. The minimum Gasteiger partial charge on any atom is -0.394 e. The van der Waals surface area contributed by atoms with Crippen LogP contribution in [0.4, 0.5) is 11.4 Å². The minimum absolute atomic E-state index is 0.104. The molecule has 0 aliphatic carbocycles. The summed E-state index contributed by atoms with van der Waals surface area (Å²) in [7, 11) is 0. The molecule has 0 radical (unpaired) electrons. The quantitative estimate of drug-likeness (QED) is 0.613. The third kappa shape index (κ3) is 4.16. The molecule has 118 valence electrons. The molecule has 0 bridgehead atoms. The van der Waals surface area contributed by atoms with E-state index in [9.17, 15) is 15.2 Å². The van der Waals surface area contributed by atoms with Gasteiger partial charge in [0, 0.05) is 12.6 Å². The molecule has 1 aromatic carbocycles. The lowest BCUT2D eigenvalue weighted by Gasteiger charge is -2.30. The Morgan fingerprint density at radius 3 is 2.73 bits per heavy atom. The Morgan fingerprint density at radius 2 is 2.14 bits per heavy atom. The van der Waals surface area contributed by atoms with E-state index in [1.165, 1.54) is 24.6 Å². The average Bonchev–Trinajstić information content (AvgIpc) is 2.55. The number of anilines is 1. The molecule has 2 N–H and O–H groups in total. The third-order valence-corrected chi connectivity index (χ3v) is 3.83. The van der Waals surface area contributed by atoms with Crippen LogP contribution in [0.15, 0.2) is 18.2 Å². The summed E-state index contributed by atoms with van der Waals surface area (Å²) in [5.41, 5.74) is 0.435. The second-order valence-electron chi connectivity index (χ2n) is 5.49. The van der Waals surface area contributed by atoms with E-state index in [1.807, 2.05) is 6.07 Å². The fraction of sp³-hybridized carbons (Fsp3) is 0.533. The summed E-state index contributed by atoms with van der Waals surface area (Å²) in [4.78, 5) is 12.9. The van der Waals surface area contributed by atoms with Crippen molar-refractivity contribution in [3.8, 4) is 6.07 Å². The highest BCUT2D eigenvalue weighted by Gasteiger charge is 2.20. The summed E-state index contributed by atoms with van der Waals surface area (Å²) in [5.74, 6) is 0. The van der Waals surface area contributed by atoms with Crippen molar-refractivity contribution in [2.75, 3.05) is 31.6 Å². The van der Waals surface area contributed by atoms with Gasteiger partial charge in [0.2, 0.25) is 0 Å². The van der Waals surface area contributed by atoms with Gasteiger partial charge in [-0.15, -0.1) is 0 Å². The summed E-state index contributed by atoms with van der Waals surface area (Å²) in [6, 6.07) is 5.92. The van der Waals surface area contributed by atoms with Gasteiger partial charge in [-0.25, -0.2) is 0 Å². The molecule has 1 fully saturated rings. The predicted molar refractivity (Wildman–Crippen MR) is 82.6 cm³/mol. The largest absolute Gasteiger partial charge is 0.394 e. The zero-order chi connectivity index (χ0) is 15.9. The molecule has 1 aliphatic rings. The molecule has 0 amide bonds. The number of aliphatic hydroxyl groups is 1. The molecule has 7 heteroatoms. The molecule has 0 spiro atoms. The van der Waals surface area contributed by atoms with Crippen molar-refractivity contribution in [3.05, 3.63) is 33.9 Å². The van der Waals surface area contributed by atoms with E-state index in [0.717, 1.165) is 25.9 Å². The molecule has 0 saturated carbocycles. The van der Waals surface area contributed by atoms with Crippen LogP contribution in [0.5, 0.6) is 0 Å². The summed E-state index contributed by atoms with van der Waals surface area (Å²) >= 11 is 0. The number of likely N-dealkylation sites (tertiary alicyclic amines) is 1. The van der Waals surface area contributed by atoms with Crippen molar-refractivity contribution < 1.29 is 10.0 Å². The van der Waals surface area contributed by atoms with E-state index < -0.39 is 4.92 Å². The Morgan fingerprint density at radius 1 is 1.41 bits per heavy atom. The molecule has 0 aromatic heterocycles. The van der Waals surface area contributed by atoms with Gasteiger partial charge in [0.1, 0.15) is 5.69 Å². The normalized spacial score (nSPS) is 16.7. The first-order valence-electron chi connectivity index (χ1n) is 7.42. The number of hydrogen-bond acceptors (Lipinski definition) is 6. The Balaban J connectivity index is 2.09. The Labute approximate surface area is 129 Å². The first kappa shape index (κ1) is 16.2. The van der Waals surface area contributed by atoms with Crippen LogP contribution in [-0.4, -0.2) is 47.2 Å². The Hall–Kier alpha value is -2.17. The molecule has 1 aromatic rings. The van der Waals surface area contributed by atoms with Gasteiger partial charge >= 0.3 is 0 Å². The first-order chi connectivity index (χ1) is 10.6. The number of nitro benzene ring substituents is 1. The molecule has 22 heavy (non-hydrogen) atoms. The molecule has 1 aliphatic heterocycles. The van der Waals surface area contributed by atoms with Crippen LogP contribution in [0, 0.1) is 21.4 Å². The average molecular weight is 304 g/mol. The number of aliphatic hydroxyl groups excluding tert-OH is 1. The predicted octanol–water partition coefficient (Wildman–Crippen LogP) is 1.73. The maximum Gasteiger partial charge on any atom is 0.293 e. The number of nitrogens with zero attached hydrogens (tertiary/aromatic N) is 3. The van der Waals surface area contributed by atoms with Gasteiger partial charge in [0.25, 0.3) is 5.69 Å². The van der Waals surface area contributed by atoms with Crippen LogP contribution in [-0.2, 0) is 0 Å². The number of rotatable bonds is 6. The van der Waals surface area contributed by atoms with Crippen LogP contribution in [0.1, 0.15) is 24.8 Å². The third-order valence-electron chi connectivity index (χ3n) is 3.83. The molecule has 2 rings (SSSR count). The van der Waals surface area contributed by atoms with Crippen LogP contribution >= 0.6 is 0 Å². The van der Waals surface area contributed by atoms with Gasteiger partial charge in [-0.3, -0.25) is 10.1 Å². The summed E-state index contributed by atoms with van der Waals surface area (Å²) in [6.45, 7) is 2.53. The lowest BCUT2D eigenvalue weighted by Crippen LogP contribution is -2.41. The Bertz CT molecular complexity index is 564. The van der Waals surface area contributed by atoms with Crippen molar-refractivity contribution in [1.29, 1.82) is 5.26 Å². The van der Waals surface area contributed by atoms with Crippen LogP contribution in [0.25, 0.3) is 0 Å². The van der Waals surface area contributed by atoms with Crippen molar-refractivity contribution in [1.82, 2.24) is 4.90 Å². The molecule has 1 atom stereocenters. The maximum atomic E-state index is 11.1. The second-order valence-corrected chi connectivity index (χ2v) is 5.49. The number of hydrogen-bond donors (Lipinski definition) is 2. The summed E-state index contributed by atoms with van der Waals surface area (Å²) in [5, 5.41) is 32.5. The highest BCUT2D eigenvalue weighted by molar-refractivity contribution is 5.64. The Kier molecular flexibility index (Phi) is 5.69. The van der Waals surface area contributed by atoms with Crippen molar-refractivity contribution in [2.24, 2.45) is 0 Å². The van der Waals surface area contributed by atoms with Gasteiger partial charge in [-0.2, -0.15) is 5.26 Å². The maximum absolute atomic E-state index is 11.1. The molecular formula is C15H20N4O3. The molecule has 7 nitrogen and oxygen atoms in total. The molecule has 1 saturated heterocycles. The van der Waals surface area contributed by atoms with Gasteiger partial charge in [-0.05, 0) is 38.1 Å². The SMILES string of the molecule is N#Cc1ccc(NC(CO)CN2CCCCC2)c([N+](=O)[O-])c1. The van der Waals surface area contributed by atoms with Crippen molar-refractivity contribution >= 4 is 11.4 Å². The number of nitro groups is 1. The number of nitriles is 1. The van der Waals surface area contributed by atoms with Gasteiger partial charge in [0.15, 0.2) is 0 Å². The van der Waals surface area contributed by atoms with Gasteiger partial charge in [-0.1, -0.05) is 6.42 Å². The molecule has 1 heterocycles. The topological polar surface area (TPSA) is 102 Å². The second kappa shape index (κ2) is 7.73. The number of nitrogens with one attached hydrogen (secondary N) is 1. The monoisotopic (exact) mass is 304 g/mol. The van der Waals surface area contributed by atoms with Crippen LogP contribution < -0.4 is 5.32 Å². The fourth-order valence-corrected chi connectivity index (χ4v) is 2.70. The van der Waals surface area contributed by atoms with E-state index in [4.69, 9.17) is 5.26 Å². The van der Waals surface area contributed by atoms with Crippen LogP contribution in [0.2, 0.25) is 0 Å². The number of piperidine rings is 1. The lowest BCUT2D eigenvalue weighted by molar-refractivity contribution is -0.384.